The molecule has 1 aliphatic rings. The molecule has 0 N–H and O–H groups in total. The van der Waals surface area contributed by atoms with Crippen molar-refractivity contribution in [2.24, 2.45) is 0 Å². The Hall–Kier alpha value is -9.45. The van der Waals surface area contributed by atoms with Crippen LogP contribution in [0.3, 0.4) is 0 Å². The number of ether oxygens (including phenoxy) is 1. The molecule has 0 fully saturated rings. The summed E-state index contributed by atoms with van der Waals surface area (Å²) in [6.07, 6.45) is 3.14. The third kappa shape index (κ3) is 8.63. The van der Waals surface area contributed by atoms with Crippen molar-refractivity contribution in [2.45, 2.75) is 26.2 Å². The molecule has 0 bridgehead atoms. The second-order valence-electron chi connectivity index (χ2n) is 20.3. The van der Waals surface area contributed by atoms with E-state index in [-0.39, 0.29) is 65.8 Å². The maximum Gasteiger partial charge on any atom is 0.253 e. The minimum absolute atomic E-state index is 0. The van der Waals surface area contributed by atoms with E-state index in [1.807, 2.05) is 47.0 Å². The van der Waals surface area contributed by atoms with E-state index in [1.54, 1.807) is 36.5 Å². The molecule has 3 aromatic heterocycles. The van der Waals surface area contributed by atoms with Crippen LogP contribution >= 0.6 is 0 Å². The molecule has 0 unspecified atom stereocenters. The van der Waals surface area contributed by atoms with Crippen LogP contribution in [0.2, 0.25) is 0 Å². The van der Waals surface area contributed by atoms with Crippen LogP contribution in [0.4, 0.5) is 0 Å². The number of imidazole rings is 1. The zero-order chi connectivity index (χ0) is 79.3. The quantitative estimate of drug-likeness (QED) is 0.0625. The number of pyridine rings is 1. The summed E-state index contributed by atoms with van der Waals surface area (Å²) in [7, 11) is -6.42. The summed E-state index contributed by atoms with van der Waals surface area (Å²) in [6, 6.07) is 3.84. The van der Waals surface area contributed by atoms with Gasteiger partial charge in [-0.2, -0.15) is 16.7 Å². The van der Waals surface area contributed by atoms with Gasteiger partial charge in [-0.05, 0) is 107 Å². The van der Waals surface area contributed by atoms with Crippen molar-refractivity contribution in [1.29, 1.82) is 0 Å². The Morgan fingerprint density at radius 3 is 1.70 bits per heavy atom. The number of aromatic nitrogens is 4. The molecule has 15 rings (SSSR count). The summed E-state index contributed by atoms with van der Waals surface area (Å²) in [5, 5.41) is -2.10. The SMILES string of the molecule is [2H]c1c([2H])c([2H])c(-c2cc([Si](c3c([2H])c([2H])c([2H])c([2H])c3[2H])(c3c([2H])c([2H])c([2H])c([2H])c3[2H])c3c([2H])c([2H])c([2H])c([2H])c3[2H])cc3c2-[n+]2cn(-c4[c-]c(Oc5[c-]c6c(cc5)c5ccccc5n6-c5cc(C(C)(C)C)ccn5)ccc4)c4cccc(c42)-c2c([2H])c([2H])c([2H])c([2H])c2-c2c([2H])c([2H])c([2H])c([2H])c2-3)c([2H])c1[2H].[Pt]. The monoisotopic (exact) mass is 1290 g/mol. The van der Waals surface area contributed by atoms with Gasteiger partial charge in [0.15, 0.2) is 19.1 Å². The van der Waals surface area contributed by atoms with E-state index in [9.17, 15) is 32.9 Å². The van der Waals surface area contributed by atoms with Crippen LogP contribution in [0, 0.1) is 12.1 Å². The van der Waals surface area contributed by atoms with Gasteiger partial charge >= 0.3 is 0 Å². The fourth-order valence-electron chi connectivity index (χ4n) is 11.1. The fraction of sp³-hybridized carbons (Fsp3) is 0.0526. The Balaban J connectivity index is 0.0000103. The number of fused-ring (bicyclic) bond motifs is 10. The minimum atomic E-state index is -6.42. The molecule has 7 heteroatoms. The molecule has 0 radical (unpaired) electrons. The van der Waals surface area contributed by atoms with Gasteiger partial charge in [-0.1, -0.05) is 226 Å². The molecule has 83 heavy (non-hydrogen) atoms. The predicted molar refractivity (Wildman–Crippen MR) is 339 cm³/mol. The third-order valence-corrected chi connectivity index (χ3v) is 18.9. The molecule has 0 saturated heterocycles. The van der Waals surface area contributed by atoms with Gasteiger partial charge in [0.05, 0.1) is 38.4 Å². The number of rotatable bonds is 9. The molecular formula is C76H55N4OPtSi-. The van der Waals surface area contributed by atoms with Gasteiger partial charge < -0.3 is 9.30 Å². The van der Waals surface area contributed by atoms with Gasteiger partial charge in [0.1, 0.15) is 11.5 Å². The summed E-state index contributed by atoms with van der Waals surface area (Å²) in [5.74, 6) is 0.921. The van der Waals surface area contributed by atoms with Gasteiger partial charge in [-0.3, -0.25) is 0 Å². The van der Waals surface area contributed by atoms with E-state index in [0.717, 1.165) is 34.0 Å². The van der Waals surface area contributed by atoms with Crippen molar-refractivity contribution in [1.82, 2.24) is 14.1 Å². The van der Waals surface area contributed by atoms with Crippen LogP contribution < -0.4 is 30.1 Å². The first-order chi connectivity index (χ1) is 51.9. The molecule has 0 amide bonds. The van der Waals surface area contributed by atoms with Crippen LogP contribution in [0.25, 0.3) is 94.5 Å². The number of benzene rings is 11. The largest absolute Gasteiger partial charge is 0.509 e. The van der Waals surface area contributed by atoms with Crippen molar-refractivity contribution in [3.63, 3.8) is 0 Å². The van der Waals surface area contributed by atoms with Crippen molar-refractivity contribution in [2.75, 3.05) is 0 Å². The summed E-state index contributed by atoms with van der Waals surface area (Å²) >= 11 is 0. The summed E-state index contributed by atoms with van der Waals surface area (Å²) in [4.78, 5) is 4.81. The number of nitrogens with zero attached hydrogens (tertiary/aromatic N) is 4. The van der Waals surface area contributed by atoms with Gasteiger partial charge in [0.2, 0.25) is 0 Å². The van der Waals surface area contributed by atoms with Crippen molar-refractivity contribution in [3.05, 3.63) is 296 Å². The Bertz CT molecular complexity index is 6230. The van der Waals surface area contributed by atoms with Crippen LogP contribution in [0.5, 0.6) is 11.5 Å². The topological polar surface area (TPSA) is 35.9 Å². The standard InChI is InChI=1S/C76H55N4OSi.Pt/c1-76(2,3)53-44-45-77-73(46-53)80-70-40-21-20-38-65(70)66-43-42-56(48-72(66)80)81-55-27-22-26-54(47-55)78-51-79-74-68(52-24-8-4-9-25-52)49-60(82(57-28-10-5-11-29-57,58-30-12-6-13-31-58)59-32-14-7-15-33-59)50-69(74)64-37-19-17-35-62(64)61-34-16-18-36-63(61)67-39-23-41-71(78)75(67)79;/h4-46,49-51H,1-3H3;/q-1;/i4D,5D,6D,7D,8D,9D,10D,11D,12D,13D,14D,15D,16D,17D,18D,19D,24D,25D,28D,29D,30D,31D,32D,33D,34D,35D,36D,37D;. The number of para-hydroxylation sites is 2. The number of hydrogen-bond donors (Lipinski definition) is 0. The average Bonchev–Trinajstić information content (AvgIpc) is 1.63. The van der Waals surface area contributed by atoms with Gasteiger partial charge in [0, 0.05) is 66.7 Å². The van der Waals surface area contributed by atoms with E-state index in [1.165, 1.54) is 27.6 Å². The predicted octanol–water partition coefficient (Wildman–Crippen LogP) is 15.4. The first-order valence-corrected chi connectivity index (χ1v) is 27.8. The maximum absolute atomic E-state index is 10.3. The average molecular weight is 1290 g/mol. The molecule has 11 aromatic carbocycles. The summed E-state index contributed by atoms with van der Waals surface area (Å²) in [5.41, 5.74) is -2.60. The Kier molecular flexibility index (Phi) is 7.40. The number of hydrogen-bond acceptors (Lipinski definition) is 2. The van der Waals surface area contributed by atoms with Crippen LogP contribution in [0.1, 0.15) is 64.7 Å². The van der Waals surface area contributed by atoms with Crippen LogP contribution in [0.15, 0.2) is 279 Å². The molecule has 4 heterocycles. The maximum atomic E-state index is 10.3. The molecule has 0 atom stereocenters. The molecule has 0 aliphatic carbocycles. The van der Waals surface area contributed by atoms with E-state index in [2.05, 4.69) is 32.9 Å². The molecule has 5 nitrogen and oxygen atoms in total. The zero-order valence-corrected chi connectivity index (χ0v) is 47.2. The molecule has 14 aromatic rings. The third-order valence-electron chi connectivity index (χ3n) is 14.7. The van der Waals surface area contributed by atoms with Gasteiger partial charge in [0.25, 0.3) is 6.33 Å². The molecular weight excluding hydrogens is 1210 g/mol. The zero-order valence-electron chi connectivity index (χ0n) is 71.9. The van der Waals surface area contributed by atoms with Crippen LogP contribution in [-0.4, -0.2) is 22.2 Å². The normalized spacial score (nSPS) is 16.7. The van der Waals surface area contributed by atoms with E-state index >= 15 is 0 Å². The first kappa shape index (κ1) is 29.5. The Morgan fingerprint density at radius 2 is 1.05 bits per heavy atom. The van der Waals surface area contributed by atoms with Crippen LogP contribution in [-0.2, 0) is 26.5 Å². The summed E-state index contributed by atoms with van der Waals surface area (Å²) < 4.78 is 280. The van der Waals surface area contributed by atoms with Gasteiger partial charge in [-0.25, -0.2) is 9.55 Å². The fourth-order valence-corrected chi connectivity index (χ4v) is 14.9. The molecule has 0 spiro atoms. The molecule has 1 aliphatic heterocycles. The van der Waals surface area contributed by atoms with Crippen molar-refractivity contribution in [3.8, 4) is 73.2 Å². The molecule has 0 saturated carbocycles. The first-order valence-electron chi connectivity index (χ1n) is 39.8. The molecule has 400 valence electrons. The van der Waals surface area contributed by atoms with E-state index in [0.29, 0.717) is 11.3 Å². The second kappa shape index (κ2) is 20.8. The van der Waals surface area contributed by atoms with Crippen molar-refractivity contribution >= 4 is 61.7 Å². The second-order valence-corrected chi connectivity index (χ2v) is 23.9. The Morgan fingerprint density at radius 1 is 0.494 bits per heavy atom. The van der Waals surface area contributed by atoms with Gasteiger partial charge in [-0.15, -0.1) is 29.7 Å². The smallest absolute Gasteiger partial charge is 0.253 e. The van der Waals surface area contributed by atoms with E-state index < -0.39 is 237 Å². The summed E-state index contributed by atoms with van der Waals surface area (Å²) in [6.45, 7) is 6.29. The van der Waals surface area contributed by atoms with E-state index in [4.69, 9.17) is 15.2 Å². The minimum Gasteiger partial charge on any atom is -0.509 e. The Labute approximate surface area is 538 Å². The van der Waals surface area contributed by atoms with Crippen molar-refractivity contribution < 1.29 is 68.8 Å².